The molecule has 1 fully saturated rings. The Morgan fingerprint density at radius 3 is 2.59 bits per heavy atom. The molecule has 154 valence electrons. The average molecular weight is 416 g/mol. The second kappa shape index (κ2) is 8.14. The third-order valence-corrected chi connectivity index (χ3v) is 6.86. The molecule has 0 bridgehead atoms. The molecule has 1 aliphatic rings. The average Bonchev–Trinajstić information content (AvgIpc) is 3.02. The van der Waals surface area contributed by atoms with Gasteiger partial charge in [-0.3, -0.25) is 4.72 Å². The van der Waals surface area contributed by atoms with Crippen LogP contribution < -0.4 is 9.62 Å². The molecule has 2 aromatic carbocycles. The molecule has 3 aromatic rings. The van der Waals surface area contributed by atoms with Gasteiger partial charge in [0.1, 0.15) is 18.9 Å². The van der Waals surface area contributed by atoms with Gasteiger partial charge in [-0.05, 0) is 37.3 Å². The van der Waals surface area contributed by atoms with Gasteiger partial charge in [0.2, 0.25) is 0 Å². The van der Waals surface area contributed by atoms with Crippen LogP contribution in [0, 0.1) is 6.92 Å². The number of benzene rings is 2. The van der Waals surface area contributed by atoms with Crippen LogP contribution in [0.15, 0.2) is 47.4 Å². The summed E-state index contributed by atoms with van der Waals surface area (Å²) in [7, 11) is -1.62. The van der Waals surface area contributed by atoms with Gasteiger partial charge >= 0.3 is 0 Å². The Morgan fingerprint density at radius 1 is 1.14 bits per heavy atom. The van der Waals surface area contributed by atoms with Gasteiger partial charge < -0.3 is 14.2 Å². The predicted octanol–water partition coefficient (Wildman–Crippen LogP) is 1.14. The van der Waals surface area contributed by atoms with Gasteiger partial charge in [0.05, 0.1) is 47.8 Å². The molecular weight excluding hydrogens is 388 g/mol. The number of rotatable bonds is 6. The zero-order valence-electron chi connectivity index (χ0n) is 16.8. The minimum absolute atomic E-state index is 0.249. The van der Waals surface area contributed by atoms with Gasteiger partial charge in [-0.15, -0.1) is 0 Å². The van der Waals surface area contributed by atoms with Crippen molar-refractivity contribution < 1.29 is 18.1 Å². The van der Waals surface area contributed by atoms with Crippen LogP contribution in [-0.2, 0) is 28.2 Å². The first kappa shape index (κ1) is 19.9. The minimum atomic E-state index is -3.63. The summed E-state index contributed by atoms with van der Waals surface area (Å²) in [5.41, 5.74) is 3.32. The van der Waals surface area contributed by atoms with E-state index in [2.05, 4.69) is 9.29 Å². The highest BCUT2D eigenvalue weighted by molar-refractivity contribution is 7.92. The van der Waals surface area contributed by atoms with Gasteiger partial charge in [-0.2, -0.15) is 0 Å². The second-order valence-electron chi connectivity index (χ2n) is 7.57. The highest BCUT2D eigenvalue weighted by atomic mass is 32.2. The van der Waals surface area contributed by atoms with E-state index < -0.39 is 10.0 Å². The van der Waals surface area contributed by atoms with Crippen LogP contribution in [0.2, 0.25) is 0 Å². The first-order valence-electron chi connectivity index (χ1n) is 9.88. The van der Waals surface area contributed by atoms with E-state index in [0.717, 1.165) is 61.7 Å². The number of anilines is 1. The quantitative estimate of drug-likeness (QED) is 0.633. The van der Waals surface area contributed by atoms with Gasteiger partial charge in [0.15, 0.2) is 0 Å². The maximum Gasteiger partial charge on any atom is 0.261 e. The van der Waals surface area contributed by atoms with Crippen LogP contribution in [-0.4, -0.2) is 50.8 Å². The molecule has 1 aromatic heterocycles. The van der Waals surface area contributed by atoms with E-state index >= 15 is 0 Å². The lowest BCUT2D eigenvalue weighted by atomic mass is 10.2. The van der Waals surface area contributed by atoms with E-state index in [1.165, 1.54) is 4.90 Å². The number of quaternary nitrogens is 1. The molecule has 4 rings (SSSR count). The number of aromatic nitrogens is 2. The summed E-state index contributed by atoms with van der Waals surface area (Å²) < 4.78 is 35.5. The summed E-state index contributed by atoms with van der Waals surface area (Å²) in [6.07, 6.45) is 0.880. The summed E-state index contributed by atoms with van der Waals surface area (Å²) in [6.45, 7) is 6.67. The third-order valence-electron chi connectivity index (χ3n) is 5.46. The van der Waals surface area contributed by atoms with Crippen molar-refractivity contribution in [2.75, 3.05) is 37.6 Å². The smallest absolute Gasteiger partial charge is 0.261 e. The molecule has 0 atom stereocenters. The summed E-state index contributed by atoms with van der Waals surface area (Å²) >= 11 is 0. The normalized spacial score (nSPS) is 15.7. The molecular formula is C21H27N4O3S+. The molecule has 2 N–H and O–H groups in total. The van der Waals surface area contributed by atoms with E-state index in [-0.39, 0.29) is 4.90 Å². The van der Waals surface area contributed by atoms with Crippen LogP contribution >= 0.6 is 0 Å². The molecule has 8 heteroatoms. The topological polar surface area (TPSA) is 77.7 Å². The maximum atomic E-state index is 12.6. The predicted molar refractivity (Wildman–Crippen MR) is 113 cm³/mol. The van der Waals surface area contributed by atoms with Crippen LogP contribution in [0.5, 0.6) is 0 Å². The lowest BCUT2D eigenvalue weighted by Gasteiger charge is -2.23. The highest BCUT2D eigenvalue weighted by Gasteiger charge is 2.17. The van der Waals surface area contributed by atoms with Crippen molar-refractivity contribution in [1.82, 2.24) is 9.55 Å². The van der Waals surface area contributed by atoms with Crippen molar-refractivity contribution in [3.8, 4) is 0 Å². The van der Waals surface area contributed by atoms with Gasteiger partial charge in [-0.1, -0.05) is 17.7 Å². The summed E-state index contributed by atoms with van der Waals surface area (Å²) in [5, 5.41) is 0. The lowest BCUT2D eigenvalue weighted by molar-refractivity contribution is -0.907. The number of nitrogens with one attached hydrogen (secondary N) is 2. The van der Waals surface area contributed by atoms with Crippen LogP contribution in [0.4, 0.5) is 5.69 Å². The first-order valence-corrected chi connectivity index (χ1v) is 11.4. The molecule has 7 nitrogen and oxygen atoms in total. The molecule has 0 radical (unpaired) electrons. The summed E-state index contributed by atoms with van der Waals surface area (Å²) in [5.74, 6) is 1.01. The molecule has 0 unspecified atom stereocenters. The van der Waals surface area contributed by atoms with Crippen molar-refractivity contribution in [2.45, 2.75) is 18.2 Å². The van der Waals surface area contributed by atoms with Crippen molar-refractivity contribution in [3.05, 3.63) is 53.9 Å². The number of sulfonamides is 1. The number of aryl methyl sites for hydroxylation is 2. The number of ether oxygens (including phenoxy) is 1. The van der Waals surface area contributed by atoms with E-state index in [0.29, 0.717) is 5.69 Å². The SMILES string of the molecule is Cc1ccc(S(=O)(=O)Nc2ccc3c(c2)nc(CC[NH+]2CCOCC2)n3C)cc1. The standard InChI is InChI=1S/C21H26N4O3S/c1-16-3-6-18(7-4-16)29(26,27)23-17-5-8-20-19(15-17)22-21(24(20)2)9-10-25-11-13-28-14-12-25/h3-8,15,23H,9-14H2,1-2H3/p+1. The Balaban J connectivity index is 1.52. The molecule has 0 spiro atoms. The number of fused-ring (bicyclic) bond motifs is 1. The van der Waals surface area contributed by atoms with Crippen LogP contribution in [0.25, 0.3) is 11.0 Å². The van der Waals surface area contributed by atoms with Crippen molar-refractivity contribution in [2.24, 2.45) is 7.05 Å². The minimum Gasteiger partial charge on any atom is -0.370 e. The van der Waals surface area contributed by atoms with Crippen LogP contribution in [0.1, 0.15) is 11.4 Å². The Kier molecular flexibility index (Phi) is 5.58. The van der Waals surface area contributed by atoms with Gasteiger partial charge in [-0.25, -0.2) is 13.4 Å². The monoisotopic (exact) mass is 415 g/mol. The maximum absolute atomic E-state index is 12.6. The zero-order chi connectivity index (χ0) is 20.4. The molecule has 0 aliphatic carbocycles. The largest absolute Gasteiger partial charge is 0.370 e. The molecule has 0 saturated carbocycles. The first-order chi connectivity index (χ1) is 13.9. The molecule has 2 heterocycles. The van der Waals surface area contributed by atoms with E-state index in [1.54, 1.807) is 36.4 Å². The Morgan fingerprint density at radius 2 is 1.86 bits per heavy atom. The van der Waals surface area contributed by atoms with Crippen molar-refractivity contribution in [3.63, 3.8) is 0 Å². The Hall–Kier alpha value is -2.42. The number of hydrogen-bond donors (Lipinski definition) is 2. The van der Waals surface area contributed by atoms with E-state index in [9.17, 15) is 8.42 Å². The summed E-state index contributed by atoms with van der Waals surface area (Å²) in [6, 6.07) is 12.3. The molecule has 1 saturated heterocycles. The number of imidazole rings is 1. The van der Waals surface area contributed by atoms with Gasteiger partial charge in [0, 0.05) is 7.05 Å². The molecule has 1 aliphatic heterocycles. The highest BCUT2D eigenvalue weighted by Crippen LogP contribution is 2.22. The van der Waals surface area contributed by atoms with Gasteiger partial charge in [0.25, 0.3) is 10.0 Å². The number of morpholine rings is 1. The third kappa shape index (κ3) is 4.44. The molecule has 29 heavy (non-hydrogen) atoms. The molecule has 0 amide bonds. The fraction of sp³-hybridized carbons (Fsp3) is 0.381. The lowest BCUT2D eigenvalue weighted by Crippen LogP contribution is -3.14. The van der Waals surface area contributed by atoms with E-state index in [4.69, 9.17) is 9.72 Å². The number of hydrogen-bond acceptors (Lipinski definition) is 4. The number of nitrogens with zero attached hydrogens (tertiary/aromatic N) is 2. The fourth-order valence-corrected chi connectivity index (χ4v) is 4.72. The van der Waals surface area contributed by atoms with Crippen LogP contribution in [0.3, 0.4) is 0 Å². The Labute approximate surface area is 171 Å². The Bertz CT molecular complexity index is 1100. The zero-order valence-corrected chi connectivity index (χ0v) is 17.6. The van der Waals surface area contributed by atoms with E-state index in [1.807, 2.05) is 20.0 Å². The fourth-order valence-electron chi connectivity index (χ4n) is 3.67. The van der Waals surface area contributed by atoms with Crippen molar-refractivity contribution >= 4 is 26.7 Å². The second-order valence-corrected chi connectivity index (χ2v) is 9.25. The summed E-state index contributed by atoms with van der Waals surface area (Å²) in [4.78, 5) is 6.54. The van der Waals surface area contributed by atoms with Crippen molar-refractivity contribution in [1.29, 1.82) is 0 Å².